The van der Waals surface area contributed by atoms with Gasteiger partial charge >= 0.3 is 23.9 Å². The molecule has 0 amide bonds. The second-order valence-electron chi connectivity index (χ2n) is 11.7. The number of ether oxygens (including phenoxy) is 5. The smallest absolute Gasteiger partial charge is 0.303 e. The van der Waals surface area contributed by atoms with Gasteiger partial charge in [0.05, 0.1) is 12.2 Å². The van der Waals surface area contributed by atoms with Gasteiger partial charge in [0.25, 0.3) is 0 Å². The minimum Gasteiger partial charge on any atom is -0.458 e. The first-order valence-corrected chi connectivity index (χ1v) is 13.3. The fraction of sp³-hybridized carbons (Fsp3) is 0.786. The molecule has 1 N–H and O–H groups in total. The maximum absolute atomic E-state index is 12.5. The topological polar surface area (TPSA) is 135 Å². The molecule has 10 heteroatoms. The van der Waals surface area contributed by atoms with E-state index in [1.165, 1.54) is 27.7 Å². The van der Waals surface area contributed by atoms with Gasteiger partial charge in [0, 0.05) is 45.4 Å². The number of carbonyl (C=O) groups excluding carboxylic acids is 4. The van der Waals surface area contributed by atoms with Crippen LogP contribution in [0, 0.1) is 23.7 Å². The number of hydrogen-bond donors (Lipinski definition) is 1. The van der Waals surface area contributed by atoms with Crippen LogP contribution in [-0.2, 0) is 42.9 Å². The average molecular weight is 539 g/mol. The van der Waals surface area contributed by atoms with E-state index in [0.29, 0.717) is 18.4 Å². The molecule has 3 aliphatic rings. The first-order valence-electron chi connectivity index (χ1n) is 13.3. The zero-order chi connectivity index (χ0) is 28.7. The maximum atomic E-state index is 12.5. The Morgan fingerprint density at radius 2 is 1.55 bits per heavy atom. The Morgan fingerprint density at radius 1 is 0.974 bits per heavy atom. The van der Waals surface area contributed by atoms with Gasteiger partial charge in [0.15, 0.2) is 11.7 Å². The molecule has 2 fully saturated rings. The quantitative estimate of drug-likeness (QED) is 0.316. The normalized spacial score (nSPS) is 41.9. The molecule has 2 heterocycles. The summed E-state index contributed by atoms with van der Waals surface area (Å²) in [5, 5.41) is 10.8. The first-order chi connectivity index (χ1) is 17.5. The molecule has 38 heavy (non-hydrogen) atoms. The molecule has 2 aliphatic heterocycles. The molecule has 10 atom stereocenters. The lowest BCUT2D eigenvalue weighted by Crippen LogP contribution is -2.69. The average Bonchev–Trinajstić information content (AvgIpc) is 3.14. The fourth-order valence-corrected chi connectivity index (χ4v) is 7.09. The van der Waals surface area contributed by atoms with E-state index in [0.717, 1.165) is 0 Å². The maximum Gasteiger partial charge on any atom is 0.303 e. The Morgan fingerprint density at radius 3 is 2.05 bits per heavy atom. The van der Waals surface area contributed by atoms with Crippen LogP contribution in [0.5, 0.6) is 0 Å². The van der Waals surface area contributed by atoms with Crippen molar-refractivity contribution in [2.24, 2.45) is 23.7 Å². The lowest BCUT2D eigenvalue weighted by Gasteiger charge is -2.55. The fourth-order valence-electron chi connectivity index (χ4n) is 7.09. The molecule has 2 bridgehead atoms. The van der Waals surface area contributed by atoms with Crippen molar-refractivity contribution >= 4 is 23.9 Å². The summed E-state index contributed by atoms with van der Waals surface area (Å²) in [6.07, 6.45) is -1.82. The number of aliphatic hydroxyl groups is 1. The lowest BCUT2D eigenvalue weighted by atomic mass is 9.55. The van der Waals surface area contributed by atoms with E-state index < -0.39 is 83.4 Å². The lowest BCUT2D eigenvalue weighted by molar-refractivity contribution is -0.248. The Balaban J connectivity index is 2.36. The largest absolute Gasteiger partial charge is 0.458 e. The summed E-state index contributed by atoms with van der Waals surface area (Å²) in [7, 11) is 0. The Labute approximate surface area is 224 Å². The summed E-state index contributed by atoms with van der Waals surface area (Å²) in [6, 6.07) is 0. The molecule has 0 spiro atoms. The molecular formula is C28H42O10. The second kappa shape index (κ2) is 11.0. The zero-order valence-electron chi connectivity index (χ0n) is 23.8. The van der Waals surface area contributed by atoms with Crippen LogP contribution in [0.25, 0.3) is 0 Å². The van der Waals surface area contributed by atoms with Crippen molar-refractivity contribution in [3.8, 4) is 0 Å². The van der Waals surface area contributed by atoms with Gasteiger partial charge < -0.3 is 28.8 Å². The molecule has 1 saturated carbocycles. The standard InChI is InChI=1S/C28H42O10/c1-13(2)21-22-23(28(9,38-18(7)32)26(35-16(5)30)24(21)34-15(4)29)20-12-14(3)19(33)10-11-27(8,25(22)36-20)37-17(6)31/h12-13,19-26,33H,10-11H2,1-9H3/b14-12-/t19-,20+,21+,22+,23+,24-,25+,26-,27+,28-/m0/s1. The van der Waals surface area contributed by atoms with Crippen LogP contribution < -0.4 is 0 Å². The monoisotopic (exact) mass is 538 g/mol. The summed E-state index contributed by atoms with van der Waals surface area (Å²) in [4.78, 5) is 49.5. The van der Waals surface area contributed by atoms with Crippen molar-refractivity contribution in [1.82, 2.24) is 0 Å². The van der Waals surface area contributed by atoms with Crippen LogP contribution in [0.15, 0.2) is 11.6 Å². The van der Waals surface area contributed by atoms with E-state index in [-0.39, 0.29) is 5.92 Å². The molecule has 10 nitrogen and oxygen atoms in total. The van der Waals surface area contributed by atoms with Gasteiger partial charge in [-0.3, -0.25) is 19.2 Å². The predicted octanol–water partition coefficient (Wildman–Crippen LogP) is 2.88. The first kappa shape index (κ1) is 30.1. The molecule has 0 aromatic heterocycles. The molecule has 1 aliphatic carbocycles. The summed E-state index contributed by atoms with van der Waals surface area (Å²) in [5.74, 6) is -3.84. The summed E-state index contributed by atoms with van der Waals surface area (Å²) in [5.41, 5.74) is -1.97. The van der Waals surface area contributed by atoms with Crippen LogP contribution in [0.1, 0.15) is 75.2 Å². The van der Waals surface area contributed by atoms with Gasteiger partial charge in [-0.15, -0.1) is 0 Å². The van der Waals surface area contributed by atoms with Gasteiger partial charge in [-0.05, 0) is 45.1 Å². The number of rotatable bonds is 5. The highest BCUT2D eigenvalue weighted by Crippen LogP contribution is 2.59. The van der Waals surface area contributed by atoms with Crippen molar-refractivity contribution in [2.75, 3.05) is 0 Å². The van der Waals surface area contributed by atoms with E-state index >= 15 is 0 Å². The number of esters is 4. The predicted molar refractivity (Wildman–Crippen MR) is 134 cm³/mol. The van der Waals surface area contributed by atoms with Crippen LogP contribution >= 0.6 is 0 Å². The SMILES string of the molecule is CC(=O)O[C@H]1[C@H](C(C)C)[C@@H]2[C@@H]([C@H]3/C=C(/C)[C@@H](O)CC[C@@](C)(OC(C)=O)[C@@H]2O3)[C@](C)(OC(C)=O)[C@H]1OC(C)=O. The van der Waals surface area contributed by atoms with Gasteiger partial charge in [-0.25, -0.2) is 0 Å². The van der Waals surface area contributed by atoms with E-state index in [2.05, 4.69) is 0 Å². The van der Waals surface area contributed by atoms with Crippen molar-refractivity contribution in [1.29, 1.82) is 0 Å². The molecule has 1 saturated heterocycles. The van der Waals surface area contributed by atoms with Gasteiger partial charge in [0.2, 0.25) is 0 Å². The van der Waals surface area contributed by atoms with E-state index in [1.54, 1.807) is 20.8 Å². The highest BCUT2D eigenvalue weighted by atomic mass is 16.6. The van der Waals surface area contributed by atoms with E-state index in [9.17, 15) is 24.3 Å². The van der Waals surface area contributed by atoms with Gasteiger partial charge in [-0.2, -0.15) is 0 Å². The second-order valence-corrected chi connectivity index (χ2v) is 11.7. The van der Waals surface area contributed by atoms with Crippen molar-refractivity contribution in [3.05, 3.63) is 11.6 Å². The van der Waals surface area contributed by atoms with Crippen LogP contribution in [-0.4, -0.2) is 70.7 Å². The minimum atomic E-state index is -1.48. The molecular weight excluding hydrogens is 496 g/mol. The summed E-state index contributed by atoms with van der Waals surface area (Å²) < 4.78 is 30.3. The minimum absolute atomic E-state index is 0.100. The summed E-state index contributed by atoms with van der Waals surface area (Å²) in [6.45, 7) is 14.3. The number of hydrogen-bond acceptors (Lipinski definition) is 10. The van der Waals surface area contributed by atoms with Gasteiger partial charge in [-0.1, -0.05) is 19.9 Å². The van der Waals surface area contributed by atoms with Crippen LogP contribution in [0.4, 0.5) is 0 Å². The molecule has 0 radical (unpaired) electrons. The van der Waals surface area contributed by atoms with E-state index in [4.69, 9.17) is 23.7 Å². The highest BCUT2D eigenvalue weighted by Gasteiger charge is 2.71. The van der Waals surface area contributed by atoms with Crippen molar-refractivity contribution in [3.63, 3.8) is 0 Å². The molecule has 0 aromatic carbocycles. The molecule has 3 rings (SSSR count). The van der Waals surface area contributed by atoms with Crippen LogP contribution in [0.2, 0.25) is 0 Å². The Hall–Kier alpha value is -2.46. The van der Waals surface area contributed by atoms with Crippen molar-refractivity contribution < 1.29 is 48.0 Å². The number of carbonyl (C=O) groups is 4. The third-order valence-electron chi connectivity index (χ3n) is 8.35. The number of aliphatic hydroxyl groups excluding tert-OH is 1. The highest BCUT2D eigenvalue weighted by molar-refractivity contribution is 5.69. The van der Waals surface area contributed by atoms with Crippen molar-refractivity contribution in [2.45, 2.75) is 117 Å². The third-order valence-corrected chi connectivity index (χ3v) is 8.35. The molecule has 0 aromatic rings. The van der Waals surface area contributed by atoms with E-state index in [1.807, 2.05) is 19.9 Å². The summed E-state index contributed by atoms with van der Waals surface area (Å²) >= 11 is 0. The zero-order valence-corrected chi connectivity index (χ0v) is 23.8. The molecule has 0 unspecified atom stereocenters. The number of fused-ring (bicyclic) bond motifs is 5. The molecule has 214 valence electrons. The Bertz CT molecular complexity index is 988. The Kier molecular flexibility index (Phi) is 8.68. The van der Waals surface area contributed by atoms with Gasteiger partial charge in [0.1, 0.15) is 17.8 Å². The van der Waals surface area contributed by atoms with Crippen LogP contribution in [0.3, 0.4) is 0 Å². The third kappa shape index (κ3) is 5.61.